The lowest BCUT2D eigenvalue weighted by atomic mass is 10.1. The minimum absolute atomic E-state index is 0.0457. The zero-order chi connectivity index (χ0) is 11.8. The van der Waals surface area contributed by atoms with Crippen molar-refractivity contribution in [2.45, 2.75) is 33.2 Å². The van der Waals surface area contributed by atoms with E-state index in [0.29, 0.717) is 12.5 Å². The van der Waals surface area contributed by atoms with E-state index in [1.165, 1.54) is 0 Å². The minimum atomic E-state index is -0.175. The van der Waals surface area contributed by atoms with Gasteiger partial charge in [0.05, 0.1) is 6.04 Å². The Morgan fingerprint density at radius 1 is 1.40 bits per heavy atom. The van der Waals surface area contributed by atoms with Gasteiger partial charge in [0.25, 0.3) is 0 Å². The van der Waals surface area contributed by atoms with Crippen molar-refractivity contribution in [3.63, 3.8) is 0 Å². The first kappa shape index (κ1) is 14.6. The van der Waals surface area contributed by atoms with Gasteiger partial charge in [-0.1, -0.05) is 36.4 Å². The monoisotopic (exact) mass is 276 g/mol. The van der Waals surface area contributed by atoms with E-state index in [9.17, 15) is 4.79 Å². The van der Waals surface area contributed by atoms with Crippen LogP contribution in [-0.2, 0) is 4.79 Å². The molecule has 15 heavy (non-hydrogen) atoms. The van der Waals surface area contributed by atoms with Gasteiger partial charge in [0.2, 0.25) is 5.91 Å². The summed E-state index contributed by atoms with van der Waals surface area (Å²) >= 11 is 3.24. The maximum Gasteiger partial charge on any atom is 0.236 e. The average molecular weight is 277 g/mol. The fourth-order valence-corrected chi connectivity index (χ4v) is 1.16. The number of carbonyl (C=O) groups is 1. The van der Waals surface area contributed by atoms with Crippen molar-refractivity contribution >= 4 is 21.8 Å². The number of hydrogen-bond acceptors (Lipinski definition) is 2. The average Bonchev–Trinajstić information content (AvgIpc) is 2.13. The first-order valence-corrected chi connectivity index (χ1v) is 6.07. The molecule has 2 N–H and O–H groups in total. The normalized spacial score (nSPS) is 12.6. The molecule has 0 fully saturated rings. The summed E-state index contributed by atoms with van der Waals surface area (Å²) in [5, 5.41) is 5.95. The van der Waals surface area contributed by atoms with Crippen LogP contribution in [0.4, 0.5) is 0 Å². The highest BCUT2D eigenvalue weighted by Crippen LogP contribution is 1.98. The van der Waals surface area contributed by atoms with Gasteiger partial charge in [-0.2, -0.15) is 0 Å². The van der Waals surface area contributed by atoms with Crippen LogP contribution < -0.4 is 10.6 Å². The molecule has 0 aromatic heterocycles. The highest BCUT2D eigenvalue weighted by Gasteiger charge is 2.10. The summed E-state index contributed by atoms with van der Waals surface area (Å²) in [6.45, 7) is 11.2. The fourth-order valence-electron chi connectivity index (χ4n) is 0.994. The number of rotatable bonds is 7. The molecule has 0 aromatic rings. The topological polar surface area (TPSA) is 41.1 Å². The minimum Gasteiger partial charge on any atom is -0.355 e. The summed E-state index contributed by atoms with van der Waals surface area (Å²) in [7, 11) is 0. The van der Waals surface area contributed by atoms with E-state index in [0.717, 1.165) is 17.4 Å². The summed E-state index contributed by atoms with van der Waals surface area (Å²) in [6, 6.07) is -0.175. The van der Waals surface area contributed by atoms with E-state index >= 15 is 0 Å². The number of halogens is 1. The molecule has 0 aliphatic heterocycles. The molecule has 0 saturated carbocycles. The summed E-state index contributed by atoms with van der Waals surface area (Å²) in [4.78, 5) is 11.5. The number of amides is 1. The number of carbonyl (C=O) groups excluding carboxylic acids is 1. The van der Waals surface area contributed by atoms with Gasteiger partial charge in [0.1, 0.15) is 0 Å². The lowest BCUT2D eigenvalue weighted by Gasteiger charge is -2.14. The van der Waals surface area contributed by atoms with Crippen LogP contribution in [0.15, 0.2) is 11.1 Å². The van der Waals surface area contributed by atoms with Crippen LogP contribution in [0.1, 0.15) is 27.2 Å². The maximum absolute atomic E-state index is 11.5. The second-order valence-electron chi connectivity index (χ2n) is 4.09. The molecule has 88 valence electrons. The summed E-state index contributed by atoms with van der Waals surface area (Å²) < 4.78 is 0.851. The molecule has 1 atom stereocenters. The van der Waals surface area contributed by atoms with Crippen molar-refractivity contribution in [2.75, 3.05) is 13.1 Å². The molecule has 0 radical (unpaired) electrons. The van der Waals surface area contributed by atoms with Gasteiger partial charge >= 0.3 is 0 Å². The molecule has 0 aliphatic carbocycles. The predicted octanol–water partition coefficient (Wildman–Crippen LogP) is 2.04. The zero-order valence-corrected chi connectivity index (χ0v) is 11.4. The van der Waals surface area contributed by atoms with Crippen molar-refractivity contribution in [3.05, 3.63) is 11.1 Å². The highest BCUT2D eigenvalue weighted by molar-refractivity contribution is 9.11. The smallest absolute Gasteiger partial charge is 0.236 e. The standard InChI is InChI=1S/C11H21BrN2O/c1-8(2)5-6-13-11(15)10(4)14-7-9(3)12/h8,10,14H,3,5-7H2,1-2,4H3,(H,13,15). The molecule has 0 spiro atoms. The molecule has 0 aliphatic rings. The van der Waals surface area contributed by atoms with Crippen LogP contribution in [0.3, 0.4) is 0 Å². The molecular formula is C11H21BrN2O. The van der Waals surface area contributed by atoms with Crippen LogP contribution >= 0.6 is 15.9 Å². The molecule has 1 amide bonds. The lowest BCUT2D eigenvalue weighted by Crippen LogP contribution is -2.43. The molecule has 3 nitrogen and oxygen atoms in total. The molecule has 0 rings (SSSR count). The summed E-state index contributed by atoms with van der Waals surface area (Å²) in [6.07, 6.45) is 1.02. The summed E-state index contributed by atoms with van der Waals surface area (Å²) in [5.74, 6) is 0.667. The van der Waals surface area contributed by atoms with Gasteiger partial charge in [-0.3, -0.25) is 4.79 Å². The molecule has 0 bridgehead atoms. The Labute approximate surface area is 101 Å². The van der Waals surface area contributed by atoms with E-state index in [4.69, 9.17) is 0 Å². The maximum atomic E-state index is 11.5. The first-order valence-electron chi connectivity index (χ1n) is 5.27. The first-order chi connectivity index (χ1) is 6.93. The quantitative estimate of drug-likeness (QED) is 0.747. The van der Waals surface area contributed by atoms with Gasteiger partial charge in [-0.25, -0.2) is 0 Å². The van der Waals surface area contributed by atoms with Crippen molar-refractivity contribution in [3.8, 4) is 0 Å². The number of hydrogen-bond donors (Lipinski definition) is 2. The van der Waals surface area contributed by atoms with Gasteiger partial charge in [0.15, 0.2) is 0 Å². The SMILES string of the molecule is C=C(Br)CNC(C)C(=O)NCCC(C)C. The van der Waals surface area contributed by atoms with Crippen molar-refractivity contribution in [1.29, 1.82) is 0 Å². The van der Waals surface area contributed by atoms with Crippen LogP contribution in [0.25, 0.3) is 0 Å². The van der Waals surface area contributed by atoms with Crippen LogP contribution in [0, 0.1) is 5.92 Å². The summed E-state index contributed by atoms with van der Waals surface area (Å²) in [5.41, 5.74) is 0. The Morgan fingerprint density at radius 3 is 2.47 bits per heavy atom. The third-order valence-electron chi connectivity index (χ3n) is 2.01. The molecule has 0 saturated heterocycles. The molecular weight excluding hydrogens is 256 g/mol. The fraction of sp³-hybridized carbons (Fsp3) is 0.727. The molecule has 4 heteroatoms. The van der Waals surface area contributed by atoms with Gasteiger partial charge in [-0.05, 0) is 19.3 Å². The Hall–Kier alpha value is -0.350. The Balaban J connectivity index is 3.64. The van der Waals surface area contributed by atoms with Gasteiger partial charge in [0, 0.05) is 17.6 Å². The van der Waals surface area contributed by atoms with Crippen LogP contribution in [0.5, 0.6) is 0 Å². The van der Waals surface area contributed by atoms with Gasteiger partial charge in [-0.15, -0.1) is 0 Å². The second kappa shape index (κ2) is 7.88. The Bertz CT molecular complexity index is 217. The third-order valence-corrected chi connectivity index (χ3v) is 2.29. The van der Waals surface area contributed by atoms with E-state index in [-0.39, 0.29) is 11.9 Å². The van der Waals surface area contributed by atoms with E-state index in [2.05, 4.69) is 47.0 Å². The highest BCUT2D eigenvalue weighted by atomic mass is 79.9. The van der Waals surface area contributed by atoms with E-state index in [1.807, 2.05) is 6.92 Å². The lowest BCUT2D eigenvalue weighted by molar-refractivity contribution is -0.122. The van der Waals surface area contributed by atoms with Crippen molar-refractivity contribution < 1.29 is 4.79 Å². The molecule has 0 heterocycles. The number of nitrogens with one attached hydrogen (secondary N) is 2. The Morgan fingerprint density at radius 2 is 2.00 bits per heavy atom. The second-order valence-corrected chi connectivity index (χ2v) is 5.21. The van der Waals surface area contributed by atoms with Crippen LogP contribution in [0.2, 0.25) is 0 Å². The Kier molecular flexibility index (Phi) is 7.70. The van der Waals surface area contributed by atoms with Crippen molar-refractivity contribution in [2.24, 2.45) is 5.92 Å². The van der Waals surface area contributed by atoms with Crippen molar-refractivity contribution in [1.82, 2.24) is 10.6 Å². The third kappa shape index (κ3) is 8.63. The zero-order valence-electron chi connectivity index (χ0n) is 9.77. The molecule has 0 aromatic carbocycles. The predicted molar refractivity (Wildman–Crippen MR) is 68.0 cm³/mol. The van der Waals surface area contributed by atoms with E-state index < -0.39 is 0 Å². The van der Waals surface area contributed by atoms with Crippen LogP contribution in [-0.4, -0.2) is 25.0 Å². The molecule has 1 unspecified atom stereocenters. The van der Waals surface area contributed by atoms with E-state index in [1.54, 1.807) is 0 Å². The van der Waals surface area contributed by atoms with Gasteiger partial charge < -0.3 is 10.6 Å². The largest absolute Gasteiger partial charge is 0.355 e.